The first-order valence-electron chi connectivity index (χ1n) is 6.62. The Morgan fingerprint density at radius 3 is 2.80 bits per heavy atom. The second-order valence-electron chi connectivity index (χ2n) is 5.04. The normalized spacial score (nSPS) is 14.2. The van der Waals surface area contributed by atoms with Crippen molar-refractivity contribution in [3.8, 4) is 5.75 Å². The Hall–Kier alpha value is -2.30. The number of aromatic nitrogens is 2. The lowest BCUT2D eigenvalue weighted by atomic mass is 10.1. The number of benzene rings is 1. The largest absolute Gasteiger partial charge is 0.496 e. The van der Waals surface area contributed by atoms with Crippen molar-refractivity contribution in [3.63, 3.8) is 0 Å². The molecule has 1 aliphatic rings. The molecule has 1 aromatic heterocycles. The van der Waals surface area contributed by atoms with Crippen molar-refractivity contribution in [3.05, 3.63) is 52.2 Å². The molecule has 5 nitrogen and oxygen atoms in total. The first kappa shape index (κ1) is 12.7. The van der Waals surface area contributed by atoms with E-state index in [0.29, 0.717) is 23.9 Å². The Morgan fingerprint density at radius 2 is 2.15 bits per heavy atom. The summed E-state index contributed by atoms with van der Waals surface area (Å²) in [5.41, 5.74) is 1.40. The summed E-state index contributed by atoms with van der Waals surface area (Å²) < 4.78 is 8.70. The van der Waals surface area contributed by atoms with Crippen LogP contribution in [-0.2, 0) is 6.54 Å². The summed E-state index contributed by atoms with van der Waals surface area (Å²) >= 11 is 0. The number of methoxy groups -OCH3 is 1. The molecular formula is C15H16N2O3. The highest BCUT2D eigenvalue weighted by atomic mass is 16.5. The first-order chi connectivity index (χ1) is 9.72. The summed E-state index contributed by atoms with van der Waals surface area (Å²) in [5, 5.41) is 0. The molecule has 1 aliphatic carbocycles. The van der Waals surface area contributed by atoms with E-state index in [-0.39, 0.29) is 5.69 Å². The standard InChI is InChI=1S/C15H16N2O3/c1-20-14-5-2-11(10-18)8-12(14)9-16-6-7-17(15(16)19)13-3-4-13/h2,5-8,10,13H,3-4,9H2,1H3. The van der Waals surface area contributed by atoms with Gasteiger partial charge in [0, 0.05) is 29.6 Å². The van der Waals surface area contributed by atoms with Gasteiger partial charge in [0.2, 0.25) is 0 Å². The smallest absolute Gasteiger partial charge is 0.328 e. The molecule has 0 atom stereocenters. The van der Waals surface area contributed by atoms with E-state index < -0.39 is 0 Å². The van der Waals surface area contributed by atoms with Crippen LogP contribution in [0.3, 0.4) is 0 Å². The third kappa shape index (κ3) is 2.27. The predicted molar refractivity (Wildman–Crippen MR) is 74.4 cm³/mol. The average Bonchev–Trinajstić information content (AvgIpc) is 3.25. The molecule has 1 heterocycles. The van der Waals surface area contributed by atoms with E-state index in [1.165, 1.54) is 0 Å². The van der Waals surface area contributed by atoms with Crippen molar-refractivity contribution >= 4 is 6.29 Å². The fraction of sp³-hybridized carbons (Fsp3) is 0.333. The van der Waals surface area contributed by atoms with Crippen LogP contribution in [0.2, 0.25) is 0 Å². The number of ether oxygens (including phenoxy) is 1. The van der Waals surface area contributed by atoms with E-state index in [4.69, 9.17) is 4.74 Å². The molecule has 0 saturated heterocycles. The molecule has 3 rings (SSSR count). The Morgan fingerprint density at radius 1 is 1.35 bits per heavy atom. The molecule has 0 aliphatic heterocycles. The van der Waals surface area contributed by atoms with Gasteiger partial charge in [-0.25, -0.2) is 4.79 Å². The summed E-state index contributed by atoms with van der Waals surface area (Å²) in [6.45, 7) is 0.406. The van der Waals surface area contributed by atoms with E-state index in [0.717, 1.165) is 24.7 Å². The zero-order valence-electron chi connectivity index (χ0n) is 11.3. The van der Waals surface area contributed by atoms with E-state index in [1.54, 1.807) is 40.6 Å². The maximum absolute atomic E-state index is 12.2. The third-order valence-corrected chi connectivity index (χ3v) is 3.60. The van der Waals surface area contributed by atoms with Crippen LogP contribution < -0.4 is 10.4 Å². The molecule has 0 unspecified atom stereocenters. The van der Waals surface area contributed by atoms with Gasteiger partial charge in [0.15, 0.2) is 0 Å². The van der Waals surface area contributed by atoms with Crippen molar-refractivity contribution in [2.45, 2.75) is 25.4 Å². The topological polar surface area (TPSA) is 53.2 Å². The summed E-state index contributed by atoms with van der Waals surface area (Å²) in [6, 6.07) is 5.58. The fourth-order valence-corrected chi connectivity index (χ4v) is 2.36. The second kappa shape index (κ2) is 5.00. The van der Waals surface area contributed by atoms with Crippen molar-refractivity contribution < 1.29 is 9.53 Å². The van der Waals surface area contributed by atoms with Crippen LogP contribution in [0.1, 0.15) is 34.8 Å². The lowest BCUT2D eigenvalue weighted by Gasteiger charge is -2.09. The minimum Gasteiger partial charge on any atom is -0.496 e. The highest BCUT2D eigenvalue weighted by molar-refractivity contribution is 5.75. The van der Waals surface area contributed by atoms with Gasteiger partial charge in [-0.15, -0.1) is 0 Å². The van der Waals surface area contributed by atoms with Gasteiger partial charge in [-0.2, -0.15) is 0 Å². The number of imidazole rings is 1. The number of carbonyl (C=O) groups excluding carboxylic acids is 1. The Labute approximate surface area is 116 Å². The van der Waals surface area contributed by atoms with Crippen LogP contribution in [0.4, 0.5) is 0 Å². The van der Waals surface area contributed by atoms with Gasteiger partial charge in [0.1, 0.15) is 12.0 Å². The number of hydrogen-bond acceptors (Lipinski definition) is 3. The molecule has 104 valence electrons. The maximum Gasteiger partial charge on any atom is 0.328 e. The predicted octanol–water partition coefficient (Wildman–Crippen LogP) is 1.85. The van der Waals surface area contributed by atoms with E-state index >= 15 is 0 Å². The van der Waals surface area contributed by atoms with Crippen LogP contribution in [0.5, 0.6) is 5.75 Å². The van der Waals surface area contributed by atoms with Crippen molar-refractivity contribution in [2.75, 3.05) is 7.11 Å². The van der Waals surface area contributed by atoms with Gasteiger partial charge in [-0.05, 0) is 31.0 Å². The second-order valence-corrected chi connectivity index (χ2v) is 5.04. The monoisotopic (exact) mass is 272 g/mol. The number of carbonyl (C=O) groups is 1. The molecule has 0 spiro atoms. The van der Waals surface area contributed by atoms with Gasteiger partial charge in [-0.1, -0.05) is 0 Å². The summed E-state index contributed by atoms with van der Waals surface area (Å²) in [6.07, 6.45) is 6.56. The average molecular weight is 272 g/mol. The number of hydrogen-bond donors (Lipinski definition) is 0. The number of nitrogens with zero attached hydrogens (tertiary/aromatic N) is 2. The molecule has 0 amide bonds. The van der Waals surface area contributed by atoms with Crippen LogP contribution in [0.25, 0.3) is 0 Å². The van der Waals surface area contributed by atoms with Crippen LogP contribution in [-0.4, -0.2) is 22.5 Å². The van der Waals surface area contributed by atoms with Crippen molar-refractivity contribution in [1.29, 1.82) is 0 Å². The van der Waals surface area contributed by atoms with Gasteiger partial charge < -0.3 is 4.74 Å². The molecule has 20 heavy (non-hydrogen) atoms. The van der Waals surface area contributed by atoms with Gasteiger partial charge in [-0.3, -0.25) is 13.9 Å². The zero-order chi connectivity index (χ0) is 14.1. The SMILES string of the molecule is COc1ccc(C=O)cc1Cn1ccn(C2CC2)c1=O. The van der Waals surface area contributed by atoms with E-state index in [2.05, 4.69) is 0 Å². The lowest BCUT2D eigenvalue weighted by molar-refractivity contribution is 0.112. The molecule has 5 heteroatoms. The van der Waals surface area contributed by atoms with E-state index in [9.17, 15) is 9.59 Å². The molecule has 0 N–H and O–H groups in total. The van der Waals surface area contributed by atoms with Gasteiger partial charge in [0.05, 0.1) is 13.7 Å². The summed E-state index contributed by atoms with van der Waals surface area (Å²) in [4.78, 5) is 23.1. The fourth-order valence-electron chi connectivity index (χ4n) is 2.36. The quantitative estimate of drug-likeness (QED) is 0.781. The molecule has 1 aromatic carbocycles. The molecule has 1 fully saturated rings. The van der Waals surface area contributed by atoms with Crippen LogP contribution in [0.15, 0.2) is 35.4 Å². The van der Waals surface area contributed by atoms with E-state index in [1.807, 2.05) is 6.20 Å². The Balaban J connectivity index is 1.94. The minimum absolute atomic E-state index is 0.00828. The van der Waals surface area contributed by atoms with Crippen molar-refractivity contribution in [2.24, 2.45) is 0 Å². The Bertz CT molecular complexity index is 695. The lowest BCUT2D eigenvalue weighted by Crippen LogP contribution is -2.24. The summed E-state index contributed by atoms with van der Waals surface area (Å²) in [5.74, 6) is 0.682. The molecule has 1 saturated carbocycles. The highest BCUT2D eigenvalue weighted by Crippen LogP contribution is 2.33. The zero-order valence-corrected chi connectivity index (χ0v) is 11.3. The third-order valence-electron chi connectivity index (χ3n) is 3.60. The molecule has 0 bridgehead atoms. The van der Waals surface area contributed by atoms with Crippen LogP contribution >= 0.6 is 0 Å². The Kier molecular flexibility index (Phi) is 3.18. The molecule has 0 radical (unpaired) electrons. The molecule has 2 aromatic rings. The maximum atomic E-state index is 12.2. The van der Waals surface area contributed by atoms with Gasteiger partial charge in [0.25, 0.3) is 0 Å². The number of aldehydes is 1. The molecular weight excluding hydrogens is 256 g/mol. The van der Waals surface area contributed by atoms with Crippen molar-refractivity contribution in [1.82, 2.24) is 9.13 Å². The van der Waals surface area contributed by atoms with Crippen LogP contribution in [0, 0.1) is 0 Å². The highest BCUT2D eigenvalue weighted by Gasteiger charge is 2.25. The van der Waals surface area contributed by atoms with Gasteiger partial charge >= 0.3 is 5.69 Å². The minimum atomic E-state index is -0.00828. The first-order valence-corrected chi connectivity index (χ1v) is 6.62. The summed E-state index contributed by atoms with van der Waals surface area (Å²) in [7, 11) is 1.58. The number of rotatable bonds is 5.